The van der Waals surface area contributed by atoms with Crippen molar-refractivity contribution in [3.05, 3.63) is 24.3 Å². The lowest BCUT2D eigenvalue weighted by molar-refractivity contribution is 0.475. The molecule has 1 atom stereocenters. The number of aromatic hydroxyl groups is 1. The van der Waals surface area contributed by atoms with E-state index in [-0.39, 0.29) is 11.8 Å². The smallest absolute Gasteiger partial charge is 0.117 e. The van der Waals surface area contributed by atoms with E-state index in [1.807, 2.05) is 12.1 Å². The lowest BCUT2D eigenvalue weighted by Crippen LogP contribution is -2.33. The minimum absolute atomic E-state index is 0.247. The van der Waals surface area contributed by atoms with Gasteiger partial charge in [0, 0.05) is 24.3 Å². The third-order valence-corrected chi connectivity index (χ3v) is 2.26. The molecule has 3 heteroatoms. The number of nitrogens with two attached hydrogens (primary N) is 1. The van der Waals surface area contributed by atoms with E-state index in [1.165, 1.54) is 0 Å². The molecule has 0 bridgehead atoms. The Morgan fingerprint density at radius 1 is 1.43 bits per heavy atom. The molecule has 0 aromatic heterocycles. The van der Waals surface area contributed by atoms with E-state index < -0.39 is 0 Å². The summed E-state index contributed by atoms with van der Waals surface area (Å²) in [5, 5.41) is 12.5. The number of hydrogen-bond acceptors (Lipinski definition) is 3. The predicted octanol–water partition coefficient (Wildman–Crippen LogP) is 1.79. The van der Waals surface area contributed by atoms with Gasteiger partial charge in [-0.25, -0.2) is 0 Å². The summed E-state index contributed by atoms with van der Waals surface area (Å²) in [5.41, 5.74) is 6.55. The van der Waals surface area contributed by atoms with E-state index in [9.17, 15) is 5.11 Å². The highest BCUT2D eigenvalue weighted by molar-refractivity contribution is 5.48. The van der Waals surface area contributed by atoms with Gasteiger partial charge in [-0.3, -0.25) is 0 Å². The Morgan fingerprint density at radius 3 is 2.64 bits per heavy atom. The SMILES string of the molecule is CC(C)C(CN)Nc1cccc(O)c1. The molecule has 0 amide bonds. The van der Waals surface area contributed by atoms with E-state index in [0.29, 0.717) is 12.5 Å². The standard InChI is InChI=1S/C11H18N2O/c1-8(2)11(7-12)13-9-4-3-5-10(14)6-9/h3-6,8,11,13-14H,7,12H2,1-2H3. The highest BCUT2D eigenvalue weighted by Gasteiger charge is 2.10. The first-order valence-electron chi connectivity index (χ1n) is 4.89. The number of rotatable bonds is 4. The highest BCUT2D eigenvalue weighted by atomic mass is 16.3. The Labute approximate surface area is 84.9 Å². The summed E-state index contributed by atoms with van der Waals surface area (Å²) in [7, 11) is 0. The van der Waals surface area contributed by atoms with Crippen LogP contribution in [0.15, 0.2) is 24.3 Å². The maximum Gasteiger partial charge on any atom is 0.117 e. The number of benzene rings is 1. The van der Waals surface area contributed by atoms with Crippen LogP contribution in [-0.4, -0.2) is 17.7 Å². The summed E-state index contributed by atoms with van der Waals surface area (Å²) in [4.78, 5) is 0. The van der Waals surface area contributed by atoms with Crippen molar-refractivity contribution in [2.75, 3.05) is 11.9 Å². The Bertz CT molecular complexity index is 286. The Balaban J connectivity index is 2.67. The van der Waals surface area contributed by atoms with Crippen molar-refractivity contribution < 1.29 is 5.11 Å². The van der Waals surface area contributed by atoms with Gasteiger partial charge < -0.3 is 16.2 Å². The molecule has 1 aromatic carbocycles. The van der Waals surface area contributed by atoms with Gasteiger partial charge in [-0.15, -0.1) is 0 Å². The fraction of sp³-hybridized carbons (Fsp3) is 0.455. The molecule has 0 heterocycles. The average molecular weight is 194 g/mol. The van der Waals surface area contributed by atoms with Gasteiger partial charge >= 0.3 is 0 Å². The second kappa shape index (κ2) is 4.86. The van der Waals surface area contributed by atoms with Gasteiger partial charge in [-0.1, -0.05) is 19.9 Å². The Morgan fingerprint density at radius 2 is 2.14 bits per heavy atom. The number of nitrogens with one attached hydrogen (secondary N) is 1. The van der Waals surface area contributed by atoms with Crippen molar-refractivity contribution >= 4 is 5.69 Å². The molecule has 0 aliphatic rings. The van der Waals surface area contributed by atoms with Crippen LogP contribution in [0.4, 0.5) is 5.69 Å². The second-order valence-corrected chi connectivity index (χ2v) is 3.78. The van der Waals surface area contributed by atoms with E-state index in [4.69, 9.17) is 5.73 Å². The van der Waals surface area contributed by atoms with Crippen LogP contribution in [-0.2, 0) is 0 Å². The summed E-state index contributed by atoms with van der Waals surface area (Å²) in [6, 6.07) is 7.33. The van der Waals surface area contributed by atoms with E-state index in [0.717, 1.165) is 5.69 Å². The van der Waals surface area contributed by atoms with Crippen LogP contribution in [0.1, 0.15) is 13.8 Å². The van der Waals surface area contributed by atoms with Gasteiger partial charge in [0.25, 0.3) is 0 Å². The van der Waals surface area contributed by atoms with Crippen LogP contribution in [0.5, 0.6) is 5.75 Å². The van der Waals surface area contributed by atoms with E-state index in [1.54, 1.807) is 12.1 Å². The maximum absolute atomic E-state index is 9.27. The predicted molar refractivity (Wildman–Crippen MR) is 59.4 cm³/mol. The molecule has 0 radical (unpaired) electrons. The molecule has 4 N–H and O–H groups in total. The Kier molecular flexibility index (Phi) is 3.77. The second-order valence-electron chi connectivity index (χ2n) is 3.78. The largest absolute Gasteiger partial charge is 0.508 e. The molecular formula is C11H18N2O. The summed E-state index contributed by atoms with van der Waals surface area (Å²) in [6.07, 6.45) is 0. The summed E-state index contributed by atoms with van der Waals surface area (Å²) < 4.78 is 0. The molecule has 1 rings (SSSR count). The maximum atomic E-state index is 9.27. The van der Waals surface area contributed by atoms with Crippen molar-refractivity contribution in [2.24, 2.45) is 11.7 Å². The third kappa shape index (κ3) is 2.92. The number of phenolic OH excluding ortho intramolecular Hbond substituents is 1. The van der Waals surface area contributed by atoms with Crippen molar-refractivity contribution in [3.63, 3.8) is 0 Å². The first-order valence-corrected chi connectivity index (χ1v) is 4.89. The van der Waals surface area contributed by atoms with Gasteiger partial charge in [0.15, 0.2) is 0 Å². The zero-order valence-corrected chi connectivity index (χ0v) is 8.70. The minimum atomic E-state index is 0.247. The summed E-state index contributed by atoms with van der Waals surface area (Å²) >= 11 is 0. The average Bonchev–Trinajstić information content (AvgIpc) is 2.14. The molecule has 1 aromatic rings. The van der Waals surface area contributed by atoms with Crippen LogP contribution >= 0.6 is 0 Å². The van der Waals surface area contributed by atoms with Gasteiger partial charge in [-0.2, -0.15) is 0 Å². The first kappa shape index (κ1) is 10.9. The topological polar surface area (TPSA) is 58.3 Å². The first-order chi connectivity index (χ1) is 6.63. The highest BCUT2D eigenvalue weighted by Crippen LogP contribution is 2.17. The van der Waals surface area contributed by atoms with Gasteiger partial charge in [-0.05, 0) is 18.1 Å². The lowest BCUT2D eigenvalue weighted by Gasteiger charge is -2.21. The lowest BCUT2D eigenvalue weighted by atomic mass is 10.0. The van der Waals surface area contributed by atoms with E-state index in [2.05, 4.69) is 19.2 Å². The molecule has 14 heavy (non-hydrogen) atoms. The third-order valence-electron chi connectivity index (χ3n) is 2.26. The summed E-state index contributed by atoms with van der Waals surface area (Å²) in [6.45, 7) is 4.83. The number of phenols is 1. The normalized spacial score (nSPS) is 12.9. The van der Waals surface area contributed by atoms with Crippen molar-refractivity contribution in [1.82, 2.24) is 0 Å². The van der Waals surface area contributed by atoms with Gasteiger partial charge in [0.05, 0.1) is 0 Å². The van der Waals surface area contributed by atoms with Crippen molar-refractivity contribution in [2.45, 2.75) is 19.9 Å². The van der Waals surface area contributed by atoms with Crippen molar-refractivity contribution in [1.29, 1.82) is 0 Å². The van der Waals surface area contributed by atoms with Crippen LogP contribution in [0.25, 0.3) is 0 Å². The molecule has 3 nitrogen and oxygen atoms in total. The molecule has 0 saturated heterocycles. The fourth-order valence-corrected chi connectivity index (χ4v) is 1.31. The molecular weight excluding hydrogens is 176 g/mol. The number of anilines is 1. The summed E-state index contributed by atoms with van der Waals surface area (Å²) in [5.74, 6) is 0.747. The zero-order valence-electron chi connectivity index (χ0n) is 8.70. The molecule has 0 aliphatic heterocycles. The number of hydrogen-bond donors (Lipinski definition) is 3. The molecule has 0 aliphatic carbocycles. The van der Waals surface area contributed by atoms with Gasteiger partial charge in [0.2, 0.25) is 0 Å². The van der Waals surface area contributed by atoms with Crippen molar-refractivity contribution in [3.8, 4) is 5.75 Å². The quantitative estimate of drug-likeness (QED) is 0.685. The molecule has 0 spiro atoms. The fourth-order valence-electron chi connectivity index (χ4n) is 1.31. The molecule has 0 saturated carbocycles. The van der Waals surface area contributed by atoms with Crippen LogP contribution in [0.3, 0.4) is 0 Å². The molecule has 1 unspecified atom stereocenters. The monoisotopic (exact) mass is 194 g/mol. The Hall–Kier alpha value is -1.22. The van der Waals surface area contributed by atoms with Gasteiger partial charge in [0.1, 0.15) is 5.75 Å². The molecule has 0 fully saturated rings. The van der Waals surface area contributed by atoms with Crippen LogP contribution in [0, 0.1) is 5.92 Å². The van der Waals surface area contributed by atoms with Crippen LogP contribution in [0.2, 0.25) is 0 Å². The molecule has 78 valence electrons. The van der Waals surface area contributed by atoms with Crippen LogP contribution < -0.4 is 11.1 Å². The van der Waals surface area contributed by atoms with E-state index >= 15 is 0 Å². The zero-order chi connectivity index (χ0) is 10.6. The minimum Gasteiger partial charge on any atom is -0.508 e.